The Hall–Kier alpha value is -0.0400. The van der Waals surface area contributed by atoms with Crippen molar-refractivity contribution in [1.29, 1.82) is 0 Å². The second kappa shape index (κ2) is 1.82. The first-order valence-electron chi connectivity index (χ1n) is 4.71. The van der Waals surface area contributed by atoms with Gasteiger partial charge >= 0.3 is 0 Å². The van der Waals surface area contributed by atoms with E-state index in [0.29, 0.717) is 11.3 Å². The van der Waals surface area contributed by atoms with Gasteiger partial charge in [-0.25, -0.2) is 0 Å². The van der Waals surface area contributed by atoms with Crippen molar-refractivity contribution in [2.24, 2.45) is 17.3 Å². The summed E-state index contributed by atoms with van der Waals surface area (Å²) in [7, 11) is 0. The zero-order valence-corrected chi connectivity index (χ0v) is 7.72. The van der Waals surface area contributed by atoms with Crippen LogP contribution in [0.15, 0.2) is 0 Å². The predicted octanol–water partition coefficient (Wildman–Crippen LogP) is 2.19. The van der Waals surface area contributed by atoms with Gasteiger partial charge in [-0.05, 0) is 43.4 Å². The van der Waals surface area contributed by atoms with E-state index < -0.39 is 0 Å². The molecule has 0 heterocycles. The predicted molar refractivity (Wildman–Crippen MR) is 45.2 cm³/mol. The molecule has 11 heavy (non-hydrogen) atoms. The molecule has 1 N–H and O–H groups in total. The summed E-state index contributed by atoms with van der Waals surface area (Å²) in [5, 5.41) is 9.92. The van der Waals surface area contributed by atoms with Crippen LogP contribution in [-0.4, -0.2) is 10.7 Å². The molecule has 1 unspecified atom stereocenters. The smallest absolute Gasteiger partial charge is 0.0653 e. The van der Waals surface area contributed by atoms with Crippen LogP contribution in [0.5, 0.6) is 0 Å². The van der Waals surface area contributed by atoms with E-state index in [1.165, 1.54) is 12.8 Å². The second-order valence-electron chi connectivity index (χ2n) is 5.00. The van der Waals surface area contributed by atoms with Crippen LogP contribution in [0.4, 0.5) is 0 Å². The fourth-order valence-corrected chi connectivity index (χ4v) is 3.02. The van der Waals surface area contributed by atoms with Crippen molar-refractivity contribution < 1.29 is 5.11 Å². The number of rotatable bonds is 1. The quantitative estimate of drug-likeness (QED) is 0.614. The fraction of sp³-hybridized carbons (Fsp3) is 1.00. The minimum absolute atomic E-state index is 0.329. The molecule has 0 aromatic heterocycles. The lowest BCUT2D eigenvalue weighted by Gasteiger charge is -2.17. The highest BCUT2D eigenvalue weighted by molar-refractivity contribution is 5.16. The van der Waals surface area contributed by atoms with Crippen LogP contribution in [0, 0.1) is 17.3 Å². The highest BCUT2D eigenvalue weighted by Crippen LogP contribution is 2.70. The molecule has 0 spiro atoms. The Morgan fingerprint density at radius 3 is 2.18 bits per heavy atom. The first-order chi connectivity index (χ1) is 4.99. The molecule has 3 atom stereocenters. The lowest BCUT2D eigenvalue weighted by atomic mass is 9.90. The maximum absolute atomic E-state index is 9.92. The Bertz CT molecular complexity index is 183. The van der Waals surface area contributed by atoms with Gasteiger partial charge in [-0.2, -0.15) is 0 Å². The molecular formula is C10H18O. The Kier molecular flexibility index (Phi) is 1.26. The molecule has 64 valence electrons. The van der Waals surface area contributed by atoms with E-state index in [-0.39, 0.29) is 5.60 Å². The summed E-state index contributed by atoms with van der Waals surface area (Å²) >= 11 is 0. The molecule has 0 bridgehead atoms. The van der Waals surface area contributed by atoms with Gasteiger partial charge in [0, 0.05) is 0 Å². The van der Waals surface area contributed by atoms with Gasteiger partial charge in [0.2, 0.25) is 0 Å². The molecule has 2 rings (SSSR count). The molecule has 2 aliphatic rings. The average Bonchev–Trinajstić information content (AvgIpc) is 2.54. The van der Waals surface area contributed by atoms with Crippen molar-refractivity contribution in [1.82, 2.24) is 0 Å². The van der Waals surface area contributed by atoms with Crippen molar-refractivity contribution in [3.8, 4) is 0 Å². The van der Waals surface area contributed by atoms with E-state index in [1.807, 2.05) is 6.92 Å². The molecule has 1 heteroatoms. The molecule has 2 aliphatic carbocycles. The van der Waals surface area contributed by atoms with Crippen molar-refractivity contribution in [2.75, 3.05) is 0 Å². The van der Waals surface area contributed by atoms with Crippen molar-refractivity contribution >= 4 is 0 Å². The number of aliphatic hydroxyl groups is 1. The Labute approximate surface area is 68.8 Å². The molecule has 1 nitrogen and oxygen atoms in total. The second-order valence-corrected chi connectivity index (χ2v) is 5.00. The highest BCUT2D eigenvalue weighted by Gasteiger charge is 2.67. The third-order valence-corrected chi connectivity index (χ3v) is 4.12. The standard InChI is InChI=1S/C10H18O/c1-7(2)10-5-4-9(3,11)8(10)6-10/h7-8,11H,4-6H2,1-3H3/t8?,9-,10-/m1/s1. The van der Waals surface area contributed by atoms with E-state index in [0.717, 1.165) is 12.3 Å². The molecular weight excluding hydrogens is 136 g/mol. The van der Waals surface area contributed by atoms with E-state index in [2.05, 4.69) is 13.8 Å². The topological polar surface area (TPSA) is 20.2 Å². The normalized spacial score (nSPS) is 54.8. The van der Waals surface area contributed by atoms with Gasteiger partial charge in [0.25, 0.3) is 0 Å². The Balaban J connectivity index is 2.17. The summed E-state index contributed by atoms with van der Waals surface area (Å²) in [4.78, 5) is 0. The minimum atomic E-state index is -0.329. The monoisotopic (exact) mass is 154 g/mol. The van der Waals surface area contributed by atoms with Gasteiger partial charge < -0.3 is 5.11 Å². The lowest BCUT2D eigenvalue weighted by molar-refractivity contribution is 0.0426. The molecule has 0 aromatic carbocycles. The minimum Gasteiger partial charge on any atom is -0.390 e. The van der Waals surface area contributed by atoms with Gasteiger partial charge in [0.15, 0.2) is 0 Å². The summed E-state index contributed by atoms with van der Waals surface area (Å²) < 4.78 is 0. The van der Waals surface area contributed by atoms with Gasteiger partial charge in [-0.1, -0.05) is 13.8 Å². The van der Waals surface area contributed by atoms with Crippen molar-refractivity contribution in [2.45, 2.75) is 45.6 Å². The molecule has 0 aromatic rings. The lowest BCUT2D eigenvalue weighted by Crippen LogP contribution is -2.23. The summed E-state index contributed by atoms with van der Waals surface area (Å²) in [5.41, 5.74) is 0.216. The van der Waals surface area contributed by atoms with Crippen LogP contribution in [-0.2, 0) is 0 Å². The maximum Gasteiger partial charge on any atom is 0.0653 e. The zero-order valence-electron chi connectivity index (χ0n) is 7.72. The SMILES string of the molecule is CC(C)[C@]12CC[C@@](C)(O)C1C2. The van der Waals surface area contributed by atoms with Crippen LogP contribution < -0.4 is 0 Å². The molecule has 0 aliphatic heterocycles. The van der Waals surface area contributed by atoms with Crippen LogP contribution >= 0.6 is 0 Å². The van der Waals surface area contributed by atoms with Crippen molar-refractivity contribution in [3.05, 3.63) is 0 Å². The van der Waals surface area contributed by atoms with E-state index in [4.69, 9.17) is 0 Å². The molecule has 2 saturated carbocycles. The summed E-state index contributed by atoms with van der Waals surface area (Å²) in [5.74, 6) is 1.39. The van der Waals surface area contributed by atoms with E-state index >= 15 is 0 Å². The van der Waals surface area contributed by atoms with Crippen LogP contribution in [0.3, 0.4) is 0 Å². The maximum atomic E-state index is 9.92. The number of fused-ring (bicyclic) bond motifs is 1. The van der Waals surface area contributed by atoms with Crippen LogP contribution in [0.25, 0.3) is 0 Å². The van der Waals surface area contributed by atoms with Gasteiger partial charge in [0.05, 0.1) is 5.60 Å². The Morgan fingerprint density at radius 2 is 2.00 bits per heavy atom. The van der Waals surface area contributed by atoms with Crippen LogP contribution in [0.1, 0.15) is 40.0 Å². The zero-order chi connectivity index (χ0) is 8.28. The van der Waals surface area contributed by atoms with E-state index in [9.17, 15) is 5.11 Å². The fourth-order valence-electron chi connectivity index (χ4n) is 3.02. The third kappa shape index (κ3) is 0.807. The Morgan fingerprint density at radius 1 is 1.36 bits per heavy atom. The molecule has 0 saturated heterocycles. The molecule has 0 amide bonds. The summed E-state index contributed by atoms with van der Waals surface area (Å²) in [6, 6.07) is 0. The van der Waals surface area contributed by atoms with Gasteiger partial charge in [0.1, 0.15) is 0 Å². The summed E-state index contributed by atoms with van der Waals surface area (Å²) in [6.45, 7) is 6.59. The van der Waals surface area contributed by atoms with Crippen LogP contribution in [0.2, 0.25) is 0 Å². The first kappa shape index (κ1) is 7.60. The average molecular weight is 154 g/mol. The van der Waals surface area contributed by atoms with Gasteiger partial charge in [-0.15, -0.1) is 0 Å². The number of hydrogen-bond acceptors (Lipinski definition) is 1. The summed E-state index contributed by atoms with van der Waals surface area (Å²) in [6.07, 6.45) is 3.55. The third-order valence-electron chi connectivity index (χ3n) is 4.12. The number of hydrogen-bond donors (Lipinski definition) is 1. The molecule has 2 fully saturated rings. The van der Waals surface area contributed by atoms with Gasteiger partial charge in [-0.3, -0.25) is 0 Å². The largest absolute Gasteiger partial charge is 0.390 e. The van der Waals surface area contributed by atoms with E-state index in [1.54, 1.807) is 0 Å². The molecule has 0 radical (unpaired) electrons. The van der Waals surface area contributed by atoms with Crippen molar-refractivity contribution in [3.63, 3.8) is 0 Å². The first-order valence-corrected chi connectivity index (χ1v) is 4.71. The highest BCUT2D eigenvalue weighted by atomic mass is 16.3.